The van der Waals surface area contributed by atoms with Crippen LogP contribution in [0.2, 0.25) is 0 Å². The molecule has 1 aromatic heterocycles. The minimum absolute atomic E-state index is 0.0000888. The van der Waals surface area contributed by atoms with E-state index in [4.69, 9.17) is 32.8 Å². The van der Waals surface area contributed by atoms with E-state index in [-0.39, 0.29) is 74.2 Å². The quantitative estimate of drug-likeness (QED) is 0.0888. The zero-order valence-electron chi connectivity index (χ0n) is 29.4. The summed E-state index contributed by atoms with van der Waals surface area (Å²) in [5.74, 6) is -4.54. The molecule has 0 saturated carbocycles. The van der Waals surface area contributed by atoms with Crippen molar-refractivity contribution in [3.63, 3.8) is 0 Å². The van der Waals surface area contributed by atoms with Crippen molar-refractivity contribution in [3.05, 3.63) is 95.1 Å². The van der Waals surface area contributed by atoms with Crippen LogP contribution in [0, 0.1) is 0 Å². The first-order chi connectivity index (χ1) is 25.7. The predicted molar refractivity (Wildman–Crippen MR) is 187 cm³/mol. The summed E-state index contributed by atoms with van der Waals surface area (Å²) in [5.41, 5.74) is 0.342. The summed E-state index contributed by atoms with van der Waals surface area (Å²) in [5, 5.41) is -0.0630. The molecule has 2 heterocycles. The Balaban J connectivity index is 1.57. The summed E-state index contributed by atoms with van der Waals surface area (Å²) in [6.45, 7) is 5.94. The third-order valence-corrected chi connectivity index (χ3v) is 7.89. The molecule has 1 aliphatic rings. The lowest BCUT2D eigenvalue weighted by Crippen LogP contribution is -2.21. The van der Waals surface area contributed by atoms with Crippen LogP contribution < -0.4 is 28.4 Å². The first-order valence-electron chi connectivity index (χ1n) is 16.3. The standard InChI is InChI=1S/C40H30O14/c1-19(41)48-26-10-6-24(7-11-26)31-17-30(46)35-33(53-31)18-34(52-23(5)45)36-37(39(54-40(35)36)25-8-12-27(13-9-25)49-20(2)42)38(47)29-15-14-28(50-21(3)43)16-32(29)51-22(4)44/h6-16,18,31H,17H2,1-5H3. The van der Waals surface area contributed by atoms with Crippen molar-refractivity contribution in [1.29, 1.82) is 0 Å². The zero-order chi connectivity index (χ0) is 38.8. The van der Waals surface area contributed by atoms with E-state index in [0.29, 0.717) is 11.3 Å². The number of ketones is 2. The highest BCUT2D eigenvalue weighted by Gasteiger charge is 2.37. The lowest BCUT2D eigenvalue weighted by Gasteiger charge is -2.26. The highest BCUT2D eigenvalue weighted by Crippen LogP contribution is 2.49. The van der Waals surface area contributed by atoms with Crippen LogP contribution in [0.4, 0.5) is 0 Å². The second kappa shape index (κ2) is 14.9. The molecule has 14 nitrogen and oxygen atoms in total. The van der Waals surface area contributed by atoms with Crippen molar-refractivity contribution in [2.75, 3.05) is 0 Å². The molecule has 0 saturated heterocycles. The largest absolute Gasteiger partial charge is 0.484 e. The maximum atomic E-state index is 14.8. The molecule has 0 aliphatic carbocycles. The van der Waals surface area contributed by atoms with Crippen LogP contribution >= 0.6 is 0 Å². The number of furan rings is 1. The Labute approximate surface area is 306 Å². The lowest BCUT2D eigenvalue weighted by atomic mass is 9.92. The van der Waals surface area contributed by atoms with Gasteiger partial charge in [-0.05, 0) is 54.1 Å². The molecule has 0 spiro atoms. The van der Waals surface area contributed by atoms with Gasteiger partial charge in [-0.25, -0.2) is 0 Å². The molecule has 0 bridgehead atoms. The number of Topliss-reactive ketones (excluding diaryl/α,β-unsaturated/α-hetero) is 1. The number of hydrogen-bond acceptors (Lipinski definition) is 14. The molecule has 274 valence electrons. The van der Waals surface area contributed by atoms with Gasteiger partial charge >= 0.3 is 29.8 Å². The molecule has 4 aromatic carbocycles. The number of esters is 5. The summed E-state index contributed by atoms with van der Waals surface area (Å²) in [4.78, 5) is 88.1. The fraction of sp³-hybridized carbons (Fsp3) is 0.175. The first kappa shape index (κ1) is 36.7. The SMILES string of the molecule is CC(=O)Oc1ccc(-c2oc3c4c(cc(OC(C)=O)c3c2C(=O)c2ccc(OC(C)=O)cc2OC(C)=O)OC(c2ccc(OC(C)=O)cc2)CC4=O)cc1. The summed E-state index contributed by atoms with van der Waals surface area (Å²) < 4.78 is 39.1. The van der Waals surface area contributed by atoms with Gasteiger partial charge in [0.25, 0.3) is 0 Å². The number of ether oxygens (including phenoxy) is 6. The summed E-state index contributed by atoms with van der Waals surface area (Å²) in [6, 6.07) is 17.4. The molecule has 1 atom stereocenters. The molecule has 0 fully saturated rings. The molecular weight excluding hydrogens is 704 g/mol. The normalized spacial score (nSPS) is 13.3. The maximum absolute atomic E-state index is 14.8. The van der Waals surface area contributed by atoms with Crippen molar-refractivity contribution in [2.24, 2.45) is 0 Å². The van der Waals surface area contributed by atoms with E-state index in [1.165, 1.54) is 69.3 Å². The lowest BCUT2D eigenvalue weighted by molar-refractivity contribution is -0.133. The van der Waals surface area contributed by atoms with Crippen molar-refractivity contribution in [2.45, 2.75) is 47.1 Å². The second-order valence-corrected chi connectivity index (χ2v) is 12.0. The third-order valence-electron chi connectivity index (χ3n) is 7.89. The van der Waals surface area contributed by atoms with Gasteiger partial charge in [0.2, 0.25) is 5.78 Å². The molecule has 54 heavy (non-hydrogen) atoms. The van der Waals surface area contributed by atoms with Gasteiger partial charge in [-0.15, -0.1) is 0 Å². The van der Waals surface area contributed by atoms with E-state index in [0.717, 1.165) is 13.8 Å². The number of carbonyl (C=O) groups excluding carboxylic acids is 7. The van der Waals surface area contributed by atoms with Crippen LogP contribution in [0.3, 0.4) is 0 Å². The van der Waals surface area contributed by atoms with E-state index in [1.54, 1.807) is 24.3 Å². The van der Waals surface area contributed by atoms with Crippen LogP contribution in [-0.4, -0.2) is 41.4 Å². The van der Waals surface area contributed by atoms with Gasteiger partial charge in [0, 0.05) is 52.3 Å². The summed E-state index contributed by atoms with van der Waals surface area (Å²) >= 11 is 0. The molecule has 0 N–H and O–H groups in total. The third kappa shape index (κ3) is 7.72. The second-order valence-electron chi connectivity index (χ2n) is 12.0. The van der Waals surface area contributed by atoms with Gasteiger partial charge < -0.3 is 32.8 Å². The molecule has 14 heteroatoms. The number of carbonyl (C=O) groups is 7. The van der Waals surface area contributed by atoms with Crippen molar-refractivity contribution in [1.82, 2.24) is 0 Å². The van der Waals surface area contributed by atoms with Gasteiger partial charge in [-0.1, -0.05) is 12.1 Å². The minimum Gasteiger partial charge on any atom is -0.484 e. The van der Waals surface area contributed by atoms with Crippen LogP contribution in [0.1, 0.15) is 79.0 Å². The van der Waals surface area contributed by atoms with E-state index in [9.17, 15) is 33.6 Å². The van der Waals surface area contributed by atoms with Gasteiger partial charge in [0.15, 0.2) is 11.4 Å². The molecule has 6 rings (SSSR count). The molecular formula is C40H30O14. The Kier molecular flexibility index (Phi) is 10.1. The van der Waals surface area contributed by atoms with Crippen molar-refractivity contribution < 1.29 is 66.4 Å². The van der Waals surface area contributed by atoms with E-state index < -0.39 is 47.5 Å². The number of rotatable bonds is 9. The van der Waals surface area contributed by atoms with Crippen LogP contribution in [-0.2, 0) is 24.0 Å². The number of fused-ring (bicyclic) bond motifs is 3. The Bertz CT molecular complexity index is 2380. The van der Waals surface area contributed by atoms with E-state index in [2.05, 4.69) is 0 Å². The number of benzene rings is 4. The Hall–Kier alpha value is -7.09. The van der Waals surface area contributed by atoms with Gasteiger partial charge in [0.05, 0.1) is 22.9 Å². The Morgan fingerprint density at radius 3 is 1.70 bits per heavy atom. The van der Waals surface area contributed by atoms with Crippen LogP contribution in [0.5, 0.6) is 34.5 Å². The van der Waals surface area contributed by atoms with Gasteiger partial charge in [-0.3, -0.25) is 33.6 Å². The zero-order valence-corrected chi connectivity index (χ0v) is 29.4. The smallest absolute Gasteiger partial charge is 0.308 e. The minimum atomic E-state index is -0.801. The molecule has 1 aliphatic heterocycles. The molecule has 0 amide bonds. The molecule has 5 aromatic rings. The first-order valence-corrected chi connectivity index (χ1v) is 16.3. The fourth-order valence-electron chi connectivity index (χ4n) is 5.93. The van der Waals surface area contributed by atoms with Crippen molar-refractivity contribution in [3.8, 4) is 45.8 Å². The average molecular weight is 735 g/mol. The fourth-order valence-corrected chi connectivity index (χ4v) is 5.93. The van der Waals surface area contributed by atoms with Gasteiger partial charge in [-0.2, -0.15) is 0 Å². The van der Waals surface area contributed by atoms with Crippen molar-refractivity contribution >= 4 is 52.4 Å². The molecule has 0 radical (unpaired) electrons. The maximum Gasteiger partial charge on any atom is 0.308 e. The highest BCUT2D eigenvalue weighted by molar-refractivity contribution is 6.24. The van der Waals surface area contributed by atoms with Gasteiger partial charge in [0.1, 0.15) is 51.9 Å². The monoisotopic (exact) mass is 734 g/mol. The average Bonchev–Trinajstić information content (AvgIpc) is 3.48. The Morgan fingerprint density at radius 1 is 0.611 bits per heavy atom. The van der Waals surface area contributed by atoms with E-state index in [1.807, 2.05) is 0 Å². The topological polar surface area (TPSA) is 188 Å². The Morgan fingerprint density at radius 2 is 1.13 bits per heavy atom. The van der Waals surface area contributed by atoms with Crippen LogP contribution in [0.15, 0.2) is 77.2 Å². The van der Waals surface area contributed by atoms with Crippen LogP contribution in [0.25, 0.3) is 22.3 Å². The highest BCUT2D eigenvalue weighted by atomic mass is 16.6. The predicted octanol–water partition coefficient (Wildman–Crippen LogP) is 6.66. The summed E-state index contributed by atoms with van der Waals surface area (Å²) in [6.07, 6.45) is -0.961. The van der Waals surface area contributed by atoms with E-state index >= 15 is 0 Å². The molecule has 1 unspecified atom stereocenters. The number of hydrogen-bond donors (Lipinski definition) is 0. The summed E-state index contributed by atoms with van der Waals surface area (Å²) in [7, 11) is 0.